The van der Waals surface area contributed by atoms with Crippen molar-refractivity contribution in [3.63, 3.8) is 0 Å². The van der Waals surface area contributed by atoms with Crippen molar-refractivity contribution >= 4 is 17.4 Å². The molecule has 5 heteroatoms. The van der Waals surface area contributed by atoms with Crippen LogP contribution >= 0.6 is 0 Å². The smallest absolute Gasteiger partial charge is 0.295 e. The Balaban J connectivity index is 1.99. The van der Waals surface area contributed by atoms with Gasteiger partial charge in [0.1, 0.15) is 5.76 Å². The minimum absolute atomic E-state index is 0.108. The van der Waals surface area contributed by atoms with Crippen LogP contribution in [0.1, 0.15) is 43.0 Å². The van der Waals surface area contributed by atoms with Gasteiger partial charge in [-0.15, -0.1) is 0 Å². The van der Waals surface area contributed by atoms with Gasteiger partial charge in [0.05, 0.1) is 17.7 Å². The quantitative estimate of drug-likeness (QED) is 0.331. The van der Waals surface area contributed by atoms with Crippen molar-refractivity contribution in [3.05, 3.63) is 76.9 Å². The van der Waals surface area contributed by atoms with Gasteiger partial charge in [-0.2, -0.15) is 0 Å². The van der Waals surface area contributed by atoms with Gasteiger partial charge < -0.3 is 14.7 Å². The molecule has 1 unspecified atom stereocenters. The Labute approximate surface area is 171 Å². The fraction of sp³-hybridized carbons (Fsp3) is 0.333. The molecule has 1 atom stereocenters. The van der Waals surface area contributed by atoms with Gasteiger partial charge in [-0.25, -0.2) is 0 Å². The van der Waals surface area contributed by atoms with Gasteiger partial charge in [0.25, 0.3) is 11.7 Å². The second-order valence-electron chi connectivity index (χ2n) is 7.54. The van der Waals surface area contributed by atoms with E-state index in [0.717, 1.165) is 11.1 Å². The number of carbonyl (C=O) groups excluding carboxylic acids is 2. The first-order valence-electron chi connectivity index (χ1n) is 9.92. The summed E-state index contributed by atoms with van der Waals surface area (Å²) < 4.78 is 5.58. The minimum atomic E-state index is -0.651. The van der Waals surface area contributed by atoms with E-state index in [4.69, 9.17) is 4.74 Å². The number of benzene rings is 2. The van der Waals surface area contributed by atoms with Crippen LogP contribution in [0.3, 0.4) is 0 Å². The van der Waals surface area contributed by atoms with E-state index in [9.17, 15) is 14.7 Å². The zero-order valence-electron chi connectivity index (χ0n) is 17.1. The number of rotatable bonds is 7. The molecule has 1 aliphatic rings. The van der Waals surface area contributed by atoms with Gasteiger partial charge in [-0.1, -0.05) is 60.2 Å². The Kier molecular flexibility index (Phi) is 6.49. The molecule has 0 aromatic heterocycles. The number of hydrogen-bond acceptors (Lipinski definition) is 4. The maximum Gasteiger partial charge on any atom is 0.295 e. The second-order valence-corrected chi connectivity index (χ2v) is 7.54. The molecule has 5 nitrogen and oxygen atoms in total. The van der Waals surface area contributed by atoms with Crippen LogP contribution in [0.25, 0.3) is 5.76 Å². The molecule has 1 N–H and O–H groups in total. The summed E-state index contributed by atoms with van der Waals surface area (Å²) in [5.41, 5.74) is 2.50. The molecule has 1 amide bonds. The molecule has 0 saturated carbocycles. The summed E-state index contributed by atoms with van der Waals surface area (Å²) in [6.45, 7) is 6.74. The van der Waals surface area contributed by atoms with E-state index in [2.05, 4.69) is 0 Å². The van der Waals surface area contributed by atoms with E-state index < -0.39 is 17.7 Å². The Morgan fingerprint density at radius 3 is 2.34 bits per heavy atom. The van der Waals surface area contributed by atoms with Crippen molar-refractivity contribution in [3.8, 4) is 0 Å². The van der Waals surface area contributed by atoms with Gasteiger partial charge in [0.15, 0.2) is 0 Å². The fourth-order valence-electron chi connectivity index (χ4n) is 3.51. The molecule has 0 spiro atoms. The van der Waals surface area contributed by atoms with Crippen LogP contribution in [0.2, 0.25) is 0 Å². The average molecular weight is 393 g/mol. The van der Waals surface area contributed by atoms with E-state index in [1.165, 1.54) is 0 Å². The number of aliphatic hydroxyl groups excluding tert-OH is 1. The zero-order chi connectivity index (χ0) is 21.0. The van der Waals surface area contributed by atoms with Crippen LogP contribution < -0.4 is 0 Å². The number of aliphatic hydroxyl groups is 1. The predicted octanol–water partition coefficient (Wildman–Crippen LogP) is 4.23. The maximum atomic E-state index is 12.9. The third kappa shape index (κ3) is 4.57. The van der Waals surface area contributed by atoms with Crippen LogP contribution in [-0.4, -0.2) is 41.0 Å². The lowest BCUT2D eigenvalue weighted by Gasteiger charge is -2.25. The third-order valence-electron chi connectivity index (χ3n) is 4.97. The molecule has 1 saturated heterocycles. The van der Waals surface area contributed by atoms with Crippen molar-refractivity contribution in [1.82, 2.24) is 4.90 Å². The summed E-state index contributed by atoms with van der Waals surface area (Å²) in [6, 6.07) is 16.0. The first-order chi connectivity index (χ1) is 13.9. The zero-order valence-corrected chi connectivity index (χ0v) is 17.1. The van der Waals surface area contributed by atoms with Crippen LogP contribution in [0.5, 0.6) is 0 Å². The molecular formula is C24H27NO4. The van der Waals surface area contributed by atoms with Gasteiger partial charge in [-0.05, 0) is 32.8 Å². The summed E-state index contributed by atoms with van der Waals surface area (Å²) in [4.78, 5) is 27.2. The largest absolute Gasteiger partial charge is 0.507 e. The van der Waals surface area contributed by atoms with Crippen molar-refractivity contribution in [2.24, 2.45) is 0 Å². The Morgan fingerprint density at radius 1 is 1.07 bits per heavy atom. The normalized spacial score (nSPS) is 18.6. The number of amides is 1. The highest BCUT2D eigenvalue weighted by molar-refractivity contribution is 6.46. The fourth-order valence-corrected chi connectivity index (χ4v) is 3.51. The topological polar surface area (TPSA) is 66.8 Å². The summed E-state index contributed by atoms with van der Waals surface area (Å²) >= 11 is 0. The number of likely N-dealkylation sites (tertiary alicyclic amines) is 1. The number of Topliss-reactive ketones (excluding diaryl/α,β-unsaturated/α-hetero) is 1. The molecule has 0 aliphatic carbocycles. The number of hydrogen-bond donors (Lipinski definition) is 1. The third-order valence-corrected chi connectivity index (χ3v) is 4.97. The molecule has 1 aliphatic heterocycles. The van der Waals surface area contributed by atoms with Crippen LogP contribution in [0, 0.1) is 6.92 Å². The summed E-state index contributed by atoms with van der Waals surface area (Å²) in [6.07, 6.45) is 0.718. The lowest BCUT2D eigenvalue weighted by molar-refractivity contribution is -0.140. The summed E-state index contributed by atoms with van der Waals surface area (Å²) in [5, 5.41) is 10.9. The van der Waals surface area contributed by atoms with Crippen molar-refractivity contribution in [1.29, 1.82) is 0 Å². The molecule has 0 radical (unpaired) electrons. The molecule has 0 bridgehead atoms. The number of nitrogens with zero attached hydrogens (tertiary/aromatic N) is 1. The number of ketones is 1. The highest BCUT2D eigenvalue weighted by Gasteiger charge is 2.45. The summed E-state index contributed by atoms with van der Waals surface area (Å²) in [5.74, 6) is -1.38. The Hall–Kier alpha value is -2.92. The molecule has 1 heterocycles. The first-order valence-corrected chi connectivity index (χ1v) is 9.92. The van der Waals surface area contributed by atoms with Gasteiger partial charge in [0, 0.05) is 18.7 Å². The average Bonchev–Trinajstić information content (AvgIpc) is 2.96. The number of carbonyl (C=O) groups is 2. The van der Waals surface area contributed by atoms with Crippen molar-refractivity contribution in [2.45, 2.75) is 39.3 Å². The lowest BCUT2D eigenvalue weighted by atomic mass is 9.95. The Bertz CT molecular complexity index is 900. The monoisotopic (exact) mass is 393 g/mol. The van der Waals surface area contributed by atoms with Gasteiger partial charge in [0.2, 0.25) is 0 Å². The van der Waals surface area contributed by atoms with E-state index in [-0.39, 0.29) is 17.4 Å². The van der Waals surface area contributed by atoms with Crippen LogP contribution in [-0.2, 0) is 14.3 Å². The summed E-state index contributed by atoms with van der Waals surface area (Å²) in [7, 11) is 0. The predicted molar refractivity (Wildman–Crippen MR) is 112 cm³/mol. The van der Waals surface area contributed by atoms with E-state index in [0.29, 0.717) is 25.1 Å². The standard InChI is InChI=1S/C24H27NO4/c1-16(2)29-15-7-14-25-21(18-8-5-4-6-9-18)20(23(27)24(25)28)22(26)19-12-10-17(3)11-13-19/h4-6,8-13,16,21,26H,7,14-15H2,1-3H3/b22-20+. The Morgan fingerprint density at radius 2 is 1.72 bits per heavy atom. The molecule has 3 rings (SSSR count). The molecule has 29 heavy (non-hydrogen) atoms. The van der Waals surface area contributed by atoms with Gasteiger partial charge in [-0.3, -0.25) is 9.59 Å². The number of aryl methyl sites for hydroxylation is 1. The van der Waals surface area contributed by atoms with Crippen molar-refractivity contribution in [2.75, 3.05) is 13.2 Å². The van der Waals surface area contributed by atoms with E-state index >= 15 is 0 Å². The van der Waals surface area contributed by atoms with Crippen molar-refractivity contribution < 1.29 is 19.4 Å². The molecule has 2 aromatic carbocycles. The maximum absolute atomic E-state index is 12.9. The molecule has 2 aromatic rings. The number of ether oxygens (including phenoxy) is 1. The highest BCUT2D eigenvalue weighted by Crippen LogP contribution is 2.39. The SMILES string of the molecule is Cc1ccc(/C(O)=C2\C(=O)C(=O)N(CCCOC(C)C)C2c2ccccc2)cc1. The van der Waals surface area contributed by atoms with Crippen LogP contribution in [0.4, 0.5) is 0 Å². The van der Waals surface area contributed by atoms with E-state index in [1.807, 2.05) is 63.2 Å². The minimum Gasteiger partial charge on any atom is -0.507 e. The molecule has 152 valence electrons. The van der Waals surface area contributed by atoms with Crippen LogP contribution in [0.15, 0.2) is 60.2 Å². The first kappa shape index (κ1) is 20.8. The molecule has 1 fully saturated rings. The van der Waals surface area contributed by atoms with Gasteiger partial charge >= 0.3 is 0 Å². The van der Waals surface area contributed by atoms with E-state index in [1.54, 1.807) is 17.0 Å². The lowest BCUT2D eigenvalue weighted by Crippen LogP contribution is -2.31. The second kappa shape index (κ2) is 9.05. The highest BCUT2D eigenvalue weighted by atomic mass is 16.5. The molecular weight excluding hydrogens is 366 g/mol.